The number of carbonyl (C=O) groups excluding carboxylic acids is 3. The van der Waals surface area contributed by atoms with Gasteiger partial charge in [-0.05, 0) is 39.0 Å². The zero-order chi connectivity index (χ0) is 31.9. The van der Waals surface area contributed by atoms with Crippen LogP contribution in [0.3, 0.4) is 0 Å². The van der Waals surface area contributed by atoms with Gasteiger partial charge in [-0.15, -0.1) is 0 Å². The lowest BCUT2D eigenvalue weighted by molar-refractivity contribution is -0.160. The smallest absolute Gasteiger partial charge is 0.373 e. The van der Waals surface area contributed by atoms with Crippen molar-refractivity contribution >= 4 is 17.9 Å². The van der Waals surface area contributed by atoms with Crippen LogP contribution in [0.4, 0.5) is 0 Å². The van der Waals surface area contributed by atoms with E-state index in [2.05, 4.69) is 0 Å². The van der Waals surface area contributed by atoms with Crippen molar-refractivity contribution in [2.45, 2.75) is 64.4 Å². The second-order valence-corrected chi connectivity index (χ2v) is 8.60. The predicted octanol–water partition coefficient (Wildman–Crippen LogP) is 0.673. The first-order chi connectivity index (χ1) is 20.0. The molecule has 0 heterocycles. The van der Waals surface area contributed by atoms with Crippen molar-refractivity contribution in [2.75, 3.05) is 52.9 Å². The summed E-state index contributed by atoms with van der Waals surface area (Å²) in [6.07, 6.45) is -1.73. The van der Waals surface area contributed by atoms with Gasteiger partial charge in [0.25, 0.3) is 0 Å². The van der Waals surface area contributed by atoms with Gasteiger partial charge in [-0.2, -0.15) is 0 Å². The highest BCUT2D eigenvalue weighted by Crippen LogP contribution is 2.12. The summed E-state index contributed by atoms with van der Waals surface area (Å²) >= 11 is 0. The minimum absolute atomic E-state index is 0.0473. The Kier molecular flexibility index (Phi) is 21.6. The van der Waals surface area contributed by atoms with Crippen LogP contribution in [0.25, 0.3) is 0 Å². The Balaban J connectivity index is 4.77. The SMILES string of the molecule is CC=C(O)C(=O)OCCCOCC(O)C(O)C(OCCCOC(=O)C(O)=CC)C(O)COCCCOC(=O)C(O)=CC. The molecule has 0 bridgehead atoms. The van der Waals surface area contributed by atoms with Gasteiger partial charge in [-0.3, -0.25) is 0 Å². The Labute approximate surface area is 244 Å². The van der Waals surface area contributed by atoms with Gasteiger partial charge in [-0.1, -0.05) is 0 Å². The molecule has 0 aromatic heterocycles. The maximum atomic E-state index is 11.5. The van der Waals surface area contributed by atoms with Crippen LogP contribution in [0.5, 0.6) is 0 Å². The van der Waals surface area contributed by atoms with Gasteiger partial charge in [-0.25, -0.2) is 14.4 Å². The summed E-state index contributed by atoms with van der Waals surface area (Å²) in [5, 5.41) is 59.5. The number of allylic oxidation sites excluding steroid dienone is 3. The van der Waals surface area contributed by atoms with Gasteiger partial charge >= 0.3 is 17.9 Å². The lowest BCUT2D eigenvalue weighted by Gasteiger charge is -2.30. The van der Waals surface area contributed by atoms with E-state index in [4.69, 9.17) is 28.4 Å². The van der Waals surface area contributed by atoms with Crippen LogP contribution in [0.2, 0.25) is 0 Å². The number of esters is 3. The molecule has 0 aromatic carbocycles. The van der Waals surface area contributed by atoms with Crippen molar-refractivity contribution in [2.24, 2.45) is 0 Å². The van der Waals surface area contributed by atoms with E-state index >= 15 is 0 Å². The quantitative estimate of drug-likeness (QED) is 0.0308. The van der Waals surface area contributed by atoms with Crippen molar-refractivity contribution in [3.63, 3.8) is 0 Å². The molecule has 0 spiro atoms. The van der Waals surface area contributed by atoms with Crippen molar-refractivity contribution in [3.8, 4) is 0 Å². The average Bonchev–Trinajstić information content (AvgIpc) is 2.99. The minimum Gasteiger partial charge on any atom is -0.502 e. The van der Waals surface area contributed by atoms with Crippen LogP contribution < -0.4 is 0 Å². The highest BCUT2D eigenvalue weighted by molar-refractivity contribution is 5.86. The topological polar surface area (TPSA) is 228 Å². The van der Waals surface area contributed by atoms with E-state index in [-0.39, 0.29) is 72.1 Å². The first kappa shape index (κ1) is 38.8. The lowest BCUT2D eigenvalue weighted by atomic mass is 10.0. The Bertz CT molecular complexity index is 883. The van der Waals surface area contributed by atoms with Crippen LogP contribution in [-0.4, -0.2) is 126 Å². The molecule has 4 atom stereocenters. The maximum absolute atomic E-state index is 11.5. The van der Waals surface area contributed by atoms with Gasteiger partial charge in [0.1, 0.15) is 24.4 Å². The molecule has 0 aliphatic carbocycles. The maximum Gasteiger partial charge on any atom is 0.373 e. The number of hydrogen-bond acceptors (Lipinski definition) is 15. The fourth-order valence-electron chi connectivity index (χ4n) is 2.93. The summed E-state index contributed by atoms with van der Waals surface area (Å²) in [5.74, 6) is -4.29. The molecule has 0 saturated heterocycles. The van der Waals surface area contributed by atoms with Gasteiger partial charge in [0.2, 0.25) is 0 Å². The molecule has 0 aliphatic rings. The standard InChI is InChI=1S/C27H44O15/c1-4-18(28)25(34)40-13-7-10-37-16-21(31)23(33)24(39-12-9-15-42-27(36)20(30)6-3)22(32)17-38-11-8-14-41-26(35)19(29)5-2/h4-6,21-24,28-33H,7-17H2,1-3H3. The normalized spacial score (nSPS) is 15.4. The lowest BCUT2D eigenvalue weighted by Crippen LogP contribution is -2.49. The van der Waals surface area contributed by atoms with Gasteiger partial charge in [0, 0.05) is 32.5 Å². The molecular formula is C27H44O15. The second-order valence-electron chi connectivity index (χ2n) is 8.60. The molecule has 0 amide bonds. The predicted molar refractivity (Wildman–Crippen MR) is 145 cm³/mol. The third-order valence-corrected chi connectivity index (χ3v) is 5.30. The van der Waals surface area contributed by atoms with Crippen LogP contribution in [-0.2, 0) is 42.8 Å². The largest absolute Gasteiger partial charge is 0.502 e. The molecule has 0 aromatic rings. The highest BCUT2D eigenvalue weighted by atomic mass is 16.6. The first-order valence-electron chi connectivity index (χ1n) is 13.4. The molecule has 0 rings (SSSR count). The Hall–Kier alpha value is -3.21. The first-order valence-corrected chi connectivity index (χ1v) is 13.4. The minimum atomic E-state index is -1.63. The Morgan fingerprint density at radius 2 is 0.929 bits per heavy atom. The van der Waals surface area contributed by atoms with Gasteiger partial charge < -0.3 is 59.1 Å². The van der Waals surface area contributed by atoms with Gasteiger partial charge in [0.15, 0.2) is 17.3 Å². The van der Waals surface area contributed by atoms with Crippen molar-refractivity contribution < 1.29 is 73.4 Å². The number of carbonyl (C=O) groups is 3. The molecule has 4 unspecified atom stereocenters. The molecule has 42 heavy (non-hydrogen) atoms. The summed E-state index contributed by atoms with van der Waals surface area (Å²) < 4.78 is 30.7. The van der Waals surface area contributed by atoms with Gasteiger partial charge in [0.05, 0.1) is 39.6 Å². The van der Waals surface area contributed by atoms with Crippen molar-refractivity contribution in [3.05, 3.63) is 35.5 Å². The Morgan fingerprint density at radius 3 is 1.31 bits per heavy atom. The number of aliphatic hydroxyl groups excluding tert-OH is 6. The summed E-state index contributed by atoms with van der Waals surface area (Å²) in [6, 6.07) is 0. The monoisotopic (exact) mass is 608 g/mol. The van der Waals surface area contributed by atoms with E-state index in [0.717, 1.165) is 0 Å². The zero-order valence-electron chi connectivity index (χ0n) is 24.2. The third kappa shape index (κ3) is 16.9. The summed E-state index contributed by atoms with van der Waals surface area (Å²) in [5.41, 5.74) is 0. The molecule has 0 fully saturated rings. The van der Waals surface area contributed by atoms with Crippen LogP contribution in [0, 0.1) is 0 Å². The summed E-state index contributed by atoms with van der Waals surface area (Å²) in [6.45, 7) is 3.48. The number of ether oxygens (including phenoxy) is 6. The second kappa shape index (κ2) is 23.4. The number of rotatable bonds is 23. The fourth-order valence-corrected chi connectivity index (χ4v) is 2.93. The number of hydrogen-bond donors (Lipinski definition) is 6. The van der Waals surface area contributed by atoms with Crippen LogP contribution >= 0.6 is 0 Å². The zero-order valence-corrected chi connectivity index (χ0v) is 24.2. The molecule has 6 N–H and O–H groups in total. The molecule has 242 valence electrons. The molecular weight excluding hydrogens is 564 g/mol. The van der Waals surface area contributed by atoms with E-state index in [1.807, 2.05) is 0 Å². The molecule has 0 aliphatic heterocycles. The Morgan fingerprint density at radius 1 is 0.571 bits per heavy atom. The fraction of sp³-hybridized carbons (Fsp3) is 0.667. The van der Waals surface area contributed by atoms with E-state index in [0.29, 0.717) is 0 Å². The molecule has 15 heteroatoms. The van der Waals surface area contributed by atoms with Crippen molar-refractivity contribution in [1.82, 2.24) is 0 Å². The van der Waals surface area contributed by atoms with E-state index in [1.165, 1.54) is 39.0 Å². The van der Waals surface area contributed by atoms with E-state index in [9.17, 15) is 45.0 Å². The van der Waals surface area contributed by atoms with E-state index < -0.39 is 59.6 Å². The highest BCUT2D eigenvalue weighted by Gasteiger charge is 2.33. The summed E-state index contributed by atoms with van der Waals surface area (Å²) in [4.78, 5) is 34.3. The third-order valence-electron chi connectivity index (χ3n) is 5.30. The average molecular weight is 609 g/mol. The molecule has 0 radical (unpaired) electrons. The number of aliphatic hydroxyl groups is 6. The van der Waals surface area contributed by atoms with E-state index in [1.54, 1.807) is 0 Å². The molecule has 0 saturated carbocycles. The van der Waals surface area contributed by atoms with Crippen molar-refractivity contribution in [1.29, 1.82) is 0 Å². The van der Waals surface area contributed by atoms with Crippen LogP contribution in [0.1, 0.15) is 40.0 Å². The molecule has 15 nitrogen and oxygen atoms in total. The van der Waals surface area contributed by atoms with Crippen LogP contribution in [0.15, 0.2) is 35.5 Å². The summed E-state index contributed by atoms with van der Waals surface area (Å²) in [7, 11) is 0.